The number of likely N-dealkylation sites (tertiary alicyclic amines) is 1. The number of aliphatic imine (C=N–C) groups is 1. The Morgan fingerprint density at radius 3 is 2.76 bits per heavy atom. The normalized spacial score (nSPS) is 17.7. The van der Waals surface area contributed by atoms with Gasteiger partial charge in [0.15, 0.2) is 5.96 Å². The number of methoxy groups -OCH3 is 1. The van der Waals surface area contributed by atoms with E-state index < -0.39 is 0 Å². The van der Waals surface area contributed by atoms with Crippen LogP contribution in [0.25, 0.3) is 0 Å². The van der Waals surface area contributed by atoms with E-state index in [-0.39, 0.29) is 24.0 Å². The maximum absolute atomic E-state index is 5.12. The highest BCUT2D eigenvalue weighted by Crippen LogP contribution is 2.26. The molecule has 1 atom stereocenters. The van der Waals surface area contributed by atoms with Crippen molar-refractivity contribution < 1.29 is 4.74 Å². The monoisotopic (exact) mass is 460 g/mol. The van der Waals surface area contributed by atoms with Gasteiger partial charge in [-0.25, -0.2) is 0 Å². The lowest BCUT2D eigenvalue weighted by Gasteiger charge is -2.22. The molecule has 1 N–H and O–H groups in total. The fraction of sp³-hybridized carbons (Fsp3) is 0.632. The number of nitrogens with one attached hydrogen (secondary N) is 1. The van der Waals surface area contributed by atoms with Gasteiger partial charge in [0.25, 0.3) is 0 Å². The van der Waals surface area contributed by atoms with Crippen LogP contribution in [0.4, 0.5) is 0 Å². The Hall–Kier alpha value is -0.860. The van der Waals surface area contributed by atoms with E-state index in [4.69, 9.17) is 9.73 Å². The van der Waals surface area contributed by atoms with Crippen molar-refractivity contribution in [2.45, 2.75) is 19.3 Å². The van der Waals surface area contributed by atoms with Gasteiger partial charge in [-0.1, -0.05) is 30.3 Å². The summed E-state index contributed by atoms with van der Waals surface area (Å²) in [6.07, 6.45) is 1.20. The topological polar surface area (TPSA) is 40.1 Å². The molecule has 1 unspecified atom stereocenters. The van der Waals surface area contributed by atoms with Crippen LogP contribution < -0.4 is 5.32 Å². The Kier molecular flexibility index (Phi) is 11.1. The molecule has 1 fully saturated rings. The Bertz CT molecular complexity index is 497. The largest absolute Gasteiger partial charge is 0.383 e. The average Bonchev–Trinajstić information content (AvgIpc) is 3.10. The Morgan fingerprint density at radius 1 is 1.32 bits per heavy atom. The summed E-state index contributed by atoms with van der Waals surface area (Å²) in [4.78, 5) is 9.48. The Balaban J connectivity index is 0.00000312. The van der Waals surface area contributed by atoms with E-state index in [0.29, 0.717) is 5.92 Å². The Labute approximate surface area is 169 Å². The quantitative estimate of drug-likeness (QED) is 0.368. The van der Waals surface area contributed by atoms with Crippen LogP contribution in [0, 0.1) is 0 Å². The highest BCUT2D eigenvalue weighted by Gasteiger charge is 2.25. The average molecular weight is 460 g/mol. The van der Waals surface area contributed by atoms with Gasteiger partial charge in [0.1, 0.15) is 0 Å². The first kappa shape index (κ1) is 22.2. The van der Waals surface area contributed by atoms with Crippen LogP contribution in [0.5, 0.6) is 0 Å². The highest BCUT2D eigenvalue weighted by molar-refractivity contribution is 14.0. The van der Waals surface area contributed by atoms with Crippen molar-refractivity contribution in [1.29, 1.82) is 0 Å². The number of likely N-dealkylation sites (N-methyl/N-ethyl adjacent to an activating group) is 1. The smallest absolute Gasteiger partial charge is 0.193 e. The van der Waals surface area contributed by atoms with E-state index in [0.717, 1.165) is 51.8 Å². The van der Waals surface area contributed by atoms with Gasteiger partial charge in [-0.05, 0) is 26.0 Å². The maximum Gasteiger partial charge on any atom is 0.193 e. The number of hydrogen-bond donors (Lipinski definition) is 1. The van der Waals surface area contributed by atoms with Gasteiger partial charge < -0.3 is 19.9 Å². The zero-order valence-corrected chi connectivity index (χ0v) is 18.1. The molecule has 1 aliphatic rings. The minimum Gasteiger partial charge on any atom is -0.383 e. The molecule has 1 aromatic rings. The molecule has 25 heavy (non-hydrogen) atoms. The van der Waals surface area contributed by atoms with Crippen LogP contribution in [0.1, 0.15) is 24.8 Å². The molecule has 0 spiro atoms. The van der Waals surface area contributed by atoms with Crippen molar-refractivity contribution in [2.75, 3.05) is 60.0 Å². The minimum atomic E-state index is 0. The summed E-state index contributed by atoms with van der Waals surface area (Å²) in [6.45, 7) is 8.65. The van der Waals surface area contributed by atoms with E-state index in [2.05, 4.69) is 59.4 Å². The second-order valence-electron chi connectivity index (χ2n) is 6.37. The van der Waals surface area contributed by atoms with E-state index in [1.807, 2.05) is 0 Å². The zero-order chi connectivity index (χ0) is 17.2. The molecule has 0 aromatic heterocycles. The number of nitrogens with zero attached hydrogens (tertiary/aromatic N) is 3. The third kappa shape index (κ3) is 7.50. The van der Waals surface area contributed by atoms with Gasteiger partial charge in [-0.3, -0.25) is 4.99 Å². The lowest BCUT2D eigenvalue weighted by Crippen LogP contribution is -2.40. The van der Waals surface area contributed by atoms with Crippen LogP contribution in [0.15, 0.2) is 35.3 Å². The molecule has 1 saturated heterocycles. The Morgan fingerprint density at radius 2 is 2.08 bits per heavy atom. The molecule has 1 heterocycles. The lowest BCUT2D eigenvalue weighted by molar-refractivity contribution is 0.163. The van der Waals surface area contributed by atoms with Crippen LogP contribution in [0.2, 0.25) is 0 Å². The molecule has 6 heteroatoms. The molecule has 142 valence electrons. The third-order valence-electron chi connectivity index (χ3n) is 4.51. The molecule has 0 amide bonds. The fourth-order valence-corrected chi connectivity index (χ4v) is 3.06. The fourth-order valence-electron chi connectivity index (χ4n) is 3.06. The summed E-state index contributed by atoms with van der Waals surface area (Å²) in [6, 6.07) is 10.8. The summed E-state index contributed by atoms with van der Waals surface area (Å²) >= 11 is 0. The summed E-state index contributed by atoms with van der Waals surface area (Å²) in [7, 11) is 3.86. The first-order valence-electron chi connectivity index (χ1n) is 9.00. The minimum absolute atomic E-state index is 0. The number of guanidine groups is 1. The summed E-state index contributed by atoms with van der Waals surface area (Å²) in [5, 5.41) is 3.45. The molecule has 5 nitrogen and oxygen atoms in total. The van der Waals surface area contributed by atoms with Crippen molar-refractivity contribution in [1.82, 2.24) is 15.1 Å². The van der Waals surface area contributed by atoms with Gasteiger partial charge in [0, 0.05) is 45.8 Å². The highest BCUT2D eigenvalue weighted by atomic mass is 127. The van der Waals surface area contributed by atoms with Crippen LogP contribution >= 0.6 is 24.0 Å². The number of ether oxygens (including phenoxy) is 1. The van der Waals surface area contributed by atoms with E-state index in [9.17, 15) is 0 Å². The van der Waals surface area contributed by atoms with E-state index in [1.54, 1.807) is 7.11 Å². The van der Waals surface area contributed by atoms with Crippen molar-refractivity contribution in [2.24, 2.45) is 4.99 Å². The molecule has 0 saturated carbocycles. The van der Waals surface area contributed by atoms with Crippen molar-refractivity contribution in [3.63, 3.8) is 0 Å². The van der Waals surface area contributed by atoms with Gasteiger partial charge in [-0.2, -0.15) is 0 Å². The number of rotatable bonds is 8. The van der Waals surface area contributed by atoms with Gasteiger partial charge in [-0.15, -0.1) is 24.0 Å². The molecule has 0 aliphatic carbocycles. The molecule has 1 aromatic carbocycles. The van der Waals surface area contributed by atoms with Crippen LogP contribution in [0.3, 0.4) is 0 Å². The zero-order valence-electron chi connectivity index (χ0n) is 15.8. The van der Waals surface area contributed by atoms with Gasteiger partial charge in [0.2, 0.25) is 0 Å². The number of benzene rings is 1. The van der Waals surface area contributed by atoms with E-state index >= 15 is 0 Å². The molecule has 1 aliphatic heterocycles. The van der Waals surface area contributed by atoms with Crippen molar-refractivity contribution in [3.8, 4) is 0 Å². The van der Waals surface area contributed by atoms with Crippen LogP contribution in [-0.2, 0) is 4.74 Å². The molecular weight excluding hydrogens is 427 g/mol. The summed E-state index contributed by atoms with van der Waals surface area (Å²) in [5.41, 5.74) is 1.44. The lowest BCUT2D eigenvalue weighted by atomic mass is 9.99. The molecule has 2 rings (SSSR count). The standard InChI is InChI=1S/C19H32N4O.HI/c1-4-20-19(21-11-13-22(2)14-15-24-3)23-12-10-18(16-23)17-8-6-5-7-9-17;/h5-9,18H,4,10-16H2,1-3H3,(H,20,21);1H. The SMILES string of the molecule is CCNC(=NCCN(C)CCOC)N1CCC(c2ccccc2)C1.I. The van der Waals surface area contributed by atoms with Gasteiger partial charge in [0.05, 0.1) is 13.2 Å². The first-order valence-corrected chi connectivity index (χ1v) is 9.00. The van der Waals surface area contributed by atoms with E-state index in [1.165, 1.54) is 12.0 Å². The van der Waals surface area contributed by atoms with Crippen molar-refractivity contribution >= 4 is 29.9 Å². The first-order chi connectivity index (χ1) is 11.7. The van der Waals surface area contributed by atoms with Crippen LogP contribution in [-0.4, -0.2) is 75.8 Å². The maximum atomic E-state index is 5.12. The predicted octanol–water partition coefficient (Wildman–Crippen LogP) is 2.64. The van der Waals surface area contributed by atoms with Crippen molar-refractivity contribution in [3.05, 3.63) is 35.9 Å². The van der Waals surface area contributed by atoms with Gasteiger partial charge >= 0.3 is 0 Å². The second kappa shape index (κ2) is 12.5. The molecule has 0 bridgehead atoms. The summed E-state index contributed by atoms with van der Waals surface area (Å²) < 4.78 is 5.12. The molecule has 0 radical (unpaired) electrons. The summed E-state index contributed by atoms with van der Waals surface area (Å²) in [5.74, 6) is 1.66. The number of hydrogen-bond acceptors (Lipinski definition) is 3. The predicted molar refractivity (Wildman–Crippen MR) is 116 cm³/mol. The second-order valence-corrected chi connectivity index (χ2v) is 6.37. The third-order valence-corrected chi connectivity index (χ3v) is 4.51. The number of halogens is 1. The molecular formula is C19H33IN4O.